The second kappa shape index (κ2) is 6.79. The molecule has 0 aromatic heterocycles. The van der Waals surface area contributed by atoms with Crippen molar-refractivity contribution in [2.75, 3.05) is 33.4 Å². The molecule has 1 aromatic rings. The van der Waals surface area contributed by atoms with E-state index in [1.54, 1.807) is 0 Å². The van der Waals surface area contributed by atoms with Crippen LogP contribution in [0.25, 0.3) is 0 Å². The third kappa shape index (κ3) is 3.78. The van der Waals surface area contributed by atoms with Crippen molar-refractivity contribution in [1.29, 1.82) is 0 Å². The van der Waals surface area contributed by atoms with Crippen LogP contribution in [0.15, 0.2) is 18.2 Å². The smallest absolute Gasteiger partial charge is 0.223 e. The molecule has 5 heteroatoms. The quantitative estimate of drug-likeness (QED) is 0.872. The van der Waals surface area contributed by atoms with E-state index in [0.29, 0.717) is 31.7 Å². The van der Waals surface area contributed by atoms with Gasteiger partial charge < -0.3 is 19.7 Å². The van der Waals surface area contributed by atoms with Gasteiger partial charge in [0.05, 0.1) is 0 Å². The molecular weight excluding hydrogens is 292 g/mol. The van der Waals surface area contributed by atoms with Crippen molar-refractivity contribution in [2.24, 2.45) is 5.92 Å². The van der Waals surface area contributed by atoms with Gasteiger partial charge in [-0.2, -0.15) is 0 Å². The van der Waals surface area contributed by atoms with Crippen molar-refractivity contribution >= 4 is 5.91 Å². The summed E-state index contributed by atoms with van der Waals surface area (Å²) in [6, 6.07) is 6.53. The van der Waals surface area contributed by atoms with Crippen LogP contribution in [-0.2, 0) is 4.79 Å². The molecule has 1 aromatic carbocycles. The molecule has 5 nitrogen and oxygen atoms in total. The van der Waals surface area contributed by atoms with Crippen molar-refractivity contribution in [1.82, 2.24) is 10.2 Å². The van der Waals surface area contributed by atoms with Crippen molar-refractivity contribution in [3.8, 4) is 11.5 Å². The summed E-state index contributed by atoms with van der Waals surface area (Å²) in [5.74, 6) is 2.19. The van der Waals surface area contributed by atoms with Gasteiger partial charge in [-0.25, -0.2) is 0 Å². The van der Waals surface area contributed by atoms with Gasteiger partial charge in [-0.3, -0.25) is 4.79 Å². The largest absolute Gasteiger partial charge is 0.486 e. The lowest BCUT2D eigenvalue weighted by Gasteiger charge is -2.21. The highest BCUT2D eigenvalue weighted by atomic mass is 16.6. The van der Waals surface area contributed by atoms with Crippen LogP contribution in [0.4, 0.5) is 0 Å². The predicted molar refractivity (Wildman–Crippen MR) is 89.1 cm³/mol. The van der Waals surface area contributed by atoms with Gasteiger partial charge in [-0.15, -0.1) is 0 Å². The topological polar surface area (TPSA) is 50.8 Å². The molecule has 0 radical (unpaired) electrons. The van der Waals surface area contributed by atoms with Gasteiger partial charge in [-0.05, 0) is 50.9 Å². The van der Waals surface area contributed by atoms with E-state index in [1.165, 1.54) is 5.56 Å². The Labute approximate surface area is 137 Å². The van der Waals surface area contributed by atoms with Crippen LogP contribution < -0.4 is 14.8 Å². The number of ether oxygens (including phenoxy) is 2. The average Bonchev–Trinajstić information content (AvgIpc) is 3.34. The maximum atomic E-state index is 12.2. The zero-order chi connectivity index (χ0) is 16.4. The highest BCUT2D eigenvalue weighted by Gasteiger charge is 2.44. The van der Waals surface area contributed by atoms with E-state index in [1.807, 2.05) is 12.1 Å². The lowest BCUT2D eigenvalue weighted by Crippen LogP contribution is -2.36. The Morgan fingerprint density at radius 2 is 2.04 bits per heavy atom. The molecule has 23 heavy (non-hydrogen) atoms. The van der Waals surface area contributed by atoms with Crippen molar-refractivity contribution in [3.63, 3.8) is 0 Å². The first-order chi connectivity index (χ1) is 11.1. The molecule has 1 amide bonds. The van der Waals surface area contributed by atoms with Crippen LogP contribution in [0, 0.1) is 5.92 Å². The maximum absolute atomic E-state index is 12.2. The van der Waals surface area contributed by atoms with E-state index < -0.39 is 0 Å². The minimum absolute atomic E-state index is 0.0990. The first-order valence-corrected chi connectivity index (χ1v) is 8.43. The number of hydrogen-bond donors (Lipinski definition) is 1. The molecule has 1 aliphatic heterocycles. The molecule has 1 saturated carbocycles. The molecule has 2 atom stereocenters. The minimum Gasteiger partial charge on any atom is -0.486 e. The molecule has 1 aliphatic carbocycles. The normalized spacial score (nSPS) is 22.3. The van der Waals surface area contributed by atoms with Crippen LogP contribution in [-0.4, -0.2) is 50.2 Å². The third-order valence-electron chi connectivity index (χ3n) is 4.77. The number of rotatable bonds is 6. The summed E-state index contributed by atoms with van der Waals surface area (Å²) < 4.78 is 11.2. The SMILES string of the molecule is CC(C)N(C)CCNC(=O)C1CC1c1ccc2c(c1)OCCO2. The molecule has 0 saturated heterocycles. The van der Waals surface area contributed by atoms with Crippen LogP contribution in [0.1, 0.15) is 31.7 Å². The number of likely N-dealkylation sites (N-methyl/N-ethyl adjacent to an activating group) is 1. The van der Waals surface area contributed by atoms with Gasteiger partial charge in [0, 0.05) is 25.0 Å². The summed E-state index contributed by atoms with van der Waals surface area (Å²) in [6.45, 7) is 7.09. The summed E-state index contributed by atoms with van der Waals surface area (Å²) >= 11 is 0. The van der Waals surface area contributed by atoms with Gasteiger partial charge in [0.25, 0.3) is 0 Å². The fourth-order valence-electron chi connectivity index (χ4n) is 2.89. The first-order valence-electron chi connectivity index (χ1n) is 8.43. The summed E-state index contributed by atoms with van der Waals surface area (Å²) in [4.78, 5) is 14.5. The Morgan fingerprint density at radius 3 is 2.78 bits per heavy atom. The maximum Gasteiger partial charge on any atom is 0.223 e. The fraction of sp³-hybridized carbons (Fsp3) is 0.611. The third-order valence-corrected chi connectivity index (χ3v) is 4.77. The Kier molecular flexibility index (Phi) is 4.76. The molecular formula is C18H26N2O3. The monoisotopic (exact) mass is 318 g/mol. The Hall–Kier alpha value is -1.75. The van der Waals surface area contributed by atoms with E-state index in [9.17, 15) is 4.79 Å². The molecule has 0 spiro atoms. The van der Waals surface area contributed by atoms with E-state index in [4.69, 9.17) is 9.47 Å². The first kappa shape index (κ1) is 16.1. The van der Waals surface area contributed by atoms with E-state index >= 15 is 0 Å². The molecule has 126 valence electrons. The number of nitrogens with one attached hydrogen (secondary N) is 1. The molecule has 0 bridgehead atoms. The number of benzene rings is 1. The van der Waals surface area contributed by atoms with Crippen LogP contribution >= 0.6 is 0 Å². The van der Waals surface area contributed by atoms with Gasteiger partial charge in [0.2, 0.25) is 5.91 Å². The lowest BCUT2D eigenvalue weighted by atomic mass is 10.1. The zero-order valence-corrected chi connectivity index (χ0v) is 14.2. The van der Waals surface area contributed by atoms with Gasteiger partial charge in [0.15, 0.2) is 11.5 Å². The molecule has 3 rings (SSSR count). The van der Waals surface area contributed by atoms with Crippen molar-refractivity contribution in [2.45, 2.75) is 32.2 Å². The molecule has 1 heterocycles. The number of amides is 1. The average molecular weight is 318 g/mol. The summed E-state index contributed by atoms with van der Waals surface area (Å²) in [5, 5.41) is 3.06. The second-order valence-electron chi connectivity index (χ2n) is 6.72. The van der Waals surface area contributed by atoms with Gasteiger partial charge >= 0.3 is 0 Å². The molecule has 2 aliphatic rings. The molecule has 1 fully saturated rings. The number of nitrogens with zero attached hydrogens (tertiary/aromatic N) is 1. The number of fused-ring (bicyclic) bond motifs is 1. The van der Waals surface area contributed by atoms with Gasteiger partial charge in [-0.1, -0.05) is 6.07 Å². The molecule has 1 N–H and O–H groups in total. The van der Waals surface area contributed by atoms with Crippen LogP contribution in [0.2, 0.25) is 0 Å². The second-order valence-corrected chi connectivity index (χ2v) is 6.72. The van der Waals surface area contributed by atoms with Crippen LogP contribution in [0.3, 0.4) is 0 Å². The fourth-order valence-corrected chi connectivity index (χ4v) is 2.89. The summed E-state index contributed by atoms with van der Waals surface area (Å²) in [6.07, 6.45) is 0.922. The van der Waals surface area contributed by atoms with Crippen LogP contribution in [0.5, 0.6) is 11.5 Å². The highest BCUT2D eigenvalue weighted by Crippen LogP contribution is 2.49. The van der Waals surface area contributed by atoms with E-state index in [-0.39, 0.29) is 11.8 Å². The van der Waals surface area contributed by atoms with Crippen molar-refractivity contribution in [3.05, 3.63) is 23.8 Å². The van der Waals surface area contributed by atoms with E-state index in [0.717, 1.165) is 24.5 Å². The number of carbonyl (C=O) groups excluding carboxylic acids is 1. The van der Waals surface area contributed by atoms with Gasteiger partial charge in [0.1, 0.15) is 13.2 Å². The van der Waals surface area contributed by atoms with Crippen molar-refractivity contribution < 1.29 is 14.3 Å². The standard InChI is InChI=1S/C18H26N2O3/c1-12(2)20(3)7-6-19-18(21)15-11-14(15)13-4-5-16-17(10-13)23-9-8-22-16/h4-5,10,12,14-15H,6-9,11H2,1-3H3,(H,19,21). The van der Waals surface area contributed by atoms with E-state index in [2.05, 4.69) is 37.2 Å². The number of carbonyl (C=O) groups is 1. The lowest BCUT2D eigenvalue weighted by molar-refractivity contribution is -0.122. The Balaban J connectivity index is 1.50. The number of hydrogen-bond acceptors (Lipinski definition) is 4. The predicted octanol–water partition coefficient (Wildman–Crippen LogP) is 2.02. The summed E-state index contributed by atoms with van der Waals surface area (Å²) in [5.41, 5.74) is 1.17. The highest BCUT2D eigenvalue weighted by molar-refractivity contribution is 5.83. The molecule has 2 unspecified atom stereocenters. The summed E-state index contributed by atoms with van der Waals surface area (Å²) in [7, 11) is 2.08. The Bertz CT molecular complexity index is 573. The Morgan fingerprint density at radius 1 is 1.30 bits per heavy atom. The zero-order valence-electron chi connectivity index (χ0n) is 14.2. The minimum atomic E-state index is 0.0990.